The number of benzene rings is 1. The highest BCUT2D eigenvalue weighted by atomic mass is 19.1. The Bertz CT molecular complexity index is 558. The normalized spacial score (nSPS) is 9.94. The number of hydrogen-bond acceptors (Lipinski definition) is 3. The minimum absolute atomic E-state index is 0.000697. The molecule has 0 aliphatic carbocycles. The number of anilines is 1. The molecule has 0 spiro atoms. The zero-order valence-corrected chi connectivity index (χ0v) is 8.72. The van der Waals surface area contributed by atoms with Crippen LogP contribution >= 0.6 is 0 Å². The maximum atomic E-state index is 13.3. The van der Waals surface area contributed by atoms with Gasteiger partial charge in [-0.1, -0.05) is 12.1 Å². The molecule has 1 aromatic carbocycles. The lowest BCUT2D eigenvalue weighted by molar-refractivity contribution is 0.102. The standard InChI is InChI=1S/C12H9FN2O2/c13-9-5-2-1-4-8(9)12(17)15-11-10(16)6-3-7-14-11/h1-7,16H,(H,14,15,17). The molecule has 86 valence electrons. The molecule has 0 saturated heterocycles. The summed E-state index contributed by atoms with van der Waals surface area (Å²) in [4.78, 5) is 15.5. The molecule has 1 aromatic heterocycles. The fourth-order valence-corrected chi connectivity index (χ4v) is 1.31. The van der Waals surface area contributed by atoms with Gasteiger partial charge in [-0.2, -0.15) is 0 Å². The Morgan fingerprint density at radius 1 is 1.24 bits per heavy atom. The Morgan fingerprint density at radius 3 is 2.71 bits per heavy atom. The number of rotatable bonds is 2. The van der Waals surface area contributed by atoms with Crippen molar-refractivity contribution < 1.29 is 14.3 Å². The van der Waals surface area contributed by atoms with Gasteiger partial charge in [0, 0.05) is 6.20 Å². The number of aromatic nitrogens is 1. The summed E-state index contributed by atoms with van der Waals surface area (Å²) in [7, 11) is 0. The van der Waals surface area contributed by atoms with Gasteiger partial charge in [0.1, 0.15) is 5.82 Å². The van der Waals surface area contributed by atoms with E-state index in [0.29, 0.717) is 0 Å². The van der Waals surface area contributed by atoms with Crippen LogP contribution in [0.25, 0.3) is 0 Å². The van der Waals surface area contributed by atoms with Crippen LogP contribution < -0.4 is 5.32 Å². The van der Waals surface area contributed by atoms with E-state index in [1.807, 2.05) is 0 Å². The first kappa shape index (κ1) is 11.1. The fraction of sp³-hybridized carbons (Fsp3) is 0. The molecule has 4 nitrogen and oxygen atoms in total. The van der Waals surface area contributed by atoms with Gasteiger partial charge in [0.15, 0.2) is 11.6 Å². The van der Waals surface area contributed by atoms with Crippen molar-refractivity contribution in [2.45, 2.75) is 0 Å². The lowest BCUT2D eigenvalue weighted by Gasteiger charge is -2.06. The van der Waals surface area contributed by atoms with E-state index in [2.05, 4.69) is 10.3 Å². The van der Waals surface area contributed by atoms with Crippen molar-refractivity contribution in [2.24, 2.45) is 0 Å². The Morgan fingerprint density at radius 2 is 2.00 bits per heavy atom. The summed E-state index contributed by atoms with van der Waals surface area (Å²) in [5.41, 5.74) is -0.0995. The first-order valence-electron chi connectivity index (χ1n) is 4.88. The zero-order chi connectivity index (χ0) is 12.3. The van der Waals surface area contributed by atoms with Crippen LogP contribution in [-0.2, 0) is 0 Å². The van der Waals surface area contributed by atoms with E-state index in [-0.39, 0.29) is 17.1 Å². The number of carbonyl (C=O) groups is 1. The van der Waals surface area contributed by atoms with Gasteiger partial charge in [0.2, 0.25) is 0 Å². The quantitative estimate of drug-likeness (QED) is 0.834. The smallest absolute Gasteiger partial charge is 0.259 e. The number of nitrogens with one attached hydrogen (secondary N) is 1. The largest absolute Gasteiger partial charge is 0.504 e. The minimum atomic E-state index is -0.655. The molecular formula is C12H9FN2O2. The van der Waals surface area contributed by atoms with Crippen LogP contribution in [0, 0.1) is 5.82 Å². The topological polar surface area (TPSA) is 62.2 Å². The lowest BCUT2D eigenvalue weighted by atomic mass is 10.2. The first-order chi connectivity index (χ1) is 8.18. The summed E-state index contributed by atoms with van der Waals surface area (Å²) >= 11 is 0. The molecule has 2 N–H and O–H groups in total. The van der Waals surface area contributed by atoms with Crippen LogP contribution in [0.15, 0.2) is 42.6 Å². The summed E-state index contributed by atoms with van der Waals surface area (Å²) in [6.07, 6.45) is 1.41. The second-order valence-electron chi connectivity index (χ2n) is 3.31. The van der Waals surface area contributed by atoms with Gasteiger partial charge in [0.05, 0.1) is 5.56 Å². The van der Waals surface area contributed by atoms with E-state index in [1.54, 1.807) is 6.07 Å². The van der Waals surface area contributed by atoms with Gasteiger partial charge in [-0.3, -0.25) is 4.79 Å². The fourth-order valence-electron chi connectivity index (χ4n) is 1.31. The summed E-state index contributed by atoms with van der Waals surface area (Å²) < 4.78 is 13.3. The second-order valence-corrected chi connectivity index (χ2v) is 3.31. The van der Waals surface area contributed by atoms with Gasteiger partial charge in [-0.05, 0) is 24.3 Å². The molecule has 17 heavy (non-hydrogen) atoms. The van der Waals surface area contributed by atoms with Crippen LogP contribution in [0.1, 0.15) is 10.4 Å². The number of pyridine rings is 1. The molecule has 1 heterocycles. The molecule has 0 unspecified atom stereocenters. The highest BCUT2D eigenvalue weighted by molar-refractivity contribution is 6.04. The van der Waals surface area contributed by atoms with Crippen molar-refractivity contribution in [3.8, 4) is 5.75 Å². The Kier molecular flexibility index (Phi) is 3.00. The molecule has 0 atom stereocenters. The van der Waals surface area contributed by atoms with Gasteiger partial charge in [-0.15, -0.1) is 0 Å². The number of halogens is 1. The molecule has 5 heteroatoms. The Hall–Kier alpha value is -2.43. The van der Waals surface area contributed by atoms with Crippen molar-refractivity contribution in [1.82, 2.24) is 4.98 Å². The maximum Gasteiger partial charge on any atom is 0.259 e. The van der Waals surface area contributed by atoms with Gasteiger partial charge >= 0.3 is 0 Å². The van der Waals surface area contributed by atoms with E-state index in [4.69, 9.17) is 0 Å². The lowest BCUT2D eigenvalue weighted by Crippen LogP contribution is -2.14. The van der Waals surface area contributed by atoms with Crippen LogP contribution in [0.5, 0.6) is 5.75 Å². The Labute approximate surface area is 96.7 Å². The number of carbonyl (C=O) groups excluding carboxylic acids is 1. The average molecular weight is 232 g/mol. The van der Waals surface area contributed by atoms with Gasteiger partial charge < -0.3 is 10.4 Å². The molecule has 2 aromatic rings. The van der Waals surface area contributed by atoms with Crippen LogP contribution in [0.2, 0.25) is 0 Å². The highest BCUT2D eigenvalue weighted by Crippen LogP contribution is 2.19. The Balaban J connectivity index is 2.24. The average Bonchev–Trinajstić information content (AvgIpc) is 2.32. The molecule has 0 fully saturated rings. The van der Waals surface area contributed by atoms with Crippen LogP contribution in [-0.4, -0.2) is 16.0 Å². The third kappa shape index (κ3) is 2.39. The number of nitrogens with zero attached hydrogens (tertiary/aromatic N) is 1. The van der Waals surface area contributed by atoms with Gasteiger partial charge in [-0.25, -0.2) is 9.37 Å². The van der Waals surface area contributed by atoms with E-state index in [0.717, 1.165) is 0 Å². The molecule has 2 rings (SSSR count). The summed E-state index contributed by atoms with van der Waals surface area (Å²) in [6, 6.07) is 8.48. The molecule has 0 bridgehead atoms. The predicted octanol–water partition coefficient (Wildman–Crippen LogP) is 2.18. The number of hydrogen-bond donors (Lipinski definition) is 2. The molecular weight excluding hydrogens is 223 g/mol. The van der Waals surface area contributed by atoms with E-state index in [1.165, 1.54) is 36.5 Å². The molecule has 0 radical (unpaired) electrons. The summed E-state index contributed by atoms with van der Waals surface area (Å²) in [5, 5.41) is 11.7. The van der Waals surface area contributed by atoms with Gasteiger partial charge in [0.25, 0.3) is 5.91 Å². The first-order valence-corrected chi connectivity index (χ1v) is 4.88. The second kappa shape index (κ2) is 4.61. The molecule has 0 saturated carbocycles. The van der Waals surface area contributed by atoms with Crippen LogP contribution in [0.3, 0.4) is 0 Å². The van der Waals surface area contributed by atoms with E-state index >= 15 is 0 Å². The number of amides is 1. The number of aromatic hydroxyl groups is 1. The monoisotopic (exact) mass is 232 g/mol. The minimum Gasteiger partial charge on any atom is -0.504 e. The summed E-state index contributed by atoms with van der Waals surface area (Å²) in [5.74, 6) is -1.45. The molecule has 0 aliphatic heterocycles. The highest BCUT2D eigenvalue weighted by Gasteiger charge is 2.12. The predicted molar refractivity (Wildman–Crippen MR) is 60.3 cm³/mol. The van der Waals surface area contributed by atoms with Crippen molar-refractivity contribution in [3.63, 3.8) is 0 Å². The third-order valence-electron chi connectivity index (χ3n) is 2.14. The van der Waals surface area contributed by atoms with Crippen molar-refractivity contribution in [3.05, 3.63) is 54.0 Å². The van der Waals surface area contributed by atoms with Crippen molar-refractivity contribution in [2.75, 3.05) is 5.32 Å². The zero-order valence-electron chi connectivity index (χ0n) is 8.72. The van der Waals surface area contributed by atoms with E-state index < -0.39 is 11.7 Å². The SMILES string of the molecule is O=C(Nc1ncccc1O)c1ccccc1F. The summed E-state index contributed by atoms with van der Waals surface area (Å²) in [6.45, 7) is 0. The molecule has 1 amide bonds. The van der Waals surface area contributed by atoms with Crippen molar-refractivity contribution in [1.29, 1.82) is 0 Å². The van der Waals surface area contributed by atoms with E-state index in [9.17, 15) is 14.3 Å². The van der Waals surface area contributed by atoms with Crippen molar-refractivity contribution >= 4 is 11.7 Å². The molecule has 0 aliphatic rings. The van der Waals surface area contributed by atoms with Crippen LogP contribution in [0.4, 0.5) is 10.2 Å². The third-order valence-corrected chi connectivity index (χ3v) is 2.14. The maximum absolute atomic E-state index is 13.3.